The van der Waals surface area contributed by atoms with Crippen LogP contribution in [0.3, 0.4) is 0 Å². The minimum atomic E-state index is 0.344. The lowest BCUT2D eigenvalue weighted by molar-refractivity contribution is -0.131. The Morgan fingerprint density at radius 3 is 2.67 bits per heavy atom. The van der Waals surface area contributed by atoms with Gasteiger partial charge in [0, 0.05) is 37.5 Å². The summed E-state index contributed by atoms with van der Waals surface area (Å²) in [4.78, 5) is 28.4. The van der Waals surface area contributed by atoms with Gasteiger partial charge in [0.1, 0.15) is 17.0 Å². The van der Waals surface area contributed by atoms with Gasteiger partial charge in [-0.15, -0.1) is 11.3 Å². The van der Waals surface area contributed by atoms with Crippen LogP contribution in [-0.2, 0) is 11.2 Å². The molecule has 0 bridgehead atoms. The van der Waals surface area contributed by atoms with Crippen LogP contribution >= 0.6 is 11.3 Å². The van der Waals surface area contributed by atoms with Crippen LogP contribution in [0.25, 0.3) is 10.2 Å². The maximum atomic E-state index is 12.6. The van der Waals surface area contributed by atoms with Crippen LogP contribution in [0, 0.1) is 5.92 Å². The zero-order chi connectivity index (χ0) is 18.6. The molecule has 2 aromatic rings. The molecule has 1 saturated heterocycles. The molecule has 0 radical (unpaired) electrons. The van der Waals surface area contributed by atoms with Gasteiger partial charge < -0.3 is 9.80 Å². The first-order valence-electron chi connectivity index (χ1n) is 10.5. The highest BCUT2D eigenvalue weighted by Crippen LogP contribution is 2.31. The van der Waals surface area contributed by atoms with Crippen LogP contribution in [0.2, 0.25) is 0 Å². The summed E-state index contributed by atoms with van der Waals surface area (Å²) >= 11 is 1.76. The maximum absolute atomic E-state index is 12.6. The minimum Gasteiger partial charge on any atom is -0.352 e. The topological polar surface area (TPSA) is 49.3 Å². The van der Waals surface area contributed by atoms with Crippen molar-refractivity contribution in [1.29, 1.82) is 0 Å². The van der Waals surface area contributed by atoms with E-state index in [-0.39, 0.29) is 0 Å². The molecule has 0 N–H and O–H groups in total. The summed E-state index contributed by atoms with van der Waals surface area (Å²) < 4.78 is 0. The summed E-state index contributed by atoms with van der Waals surface area (Å²) in [5.74, 6) is 2.16. The molecule has 2 aliphatic rings. The number of fused-ring (bicyclic) bond motifs is 1. The van der Waals surface area contributed by atoms with Crippen molar-refractivity contribution < 1.29 is 4.79 Å². The molecule has 0 aromatic carbocycles. The number of hydrogen-bond donors (Lipinski definition) is 0. The van der Waals surface area contributed by atoms with E-state index in [1.54, 1.807) is 17.7 Å². The average molecular weight is 387 g/mol. The Morgan fingerprint density at radius 2 is 1.93 bits per heavy atom. The summed E-state index contributed by atoms with van der Waals surface area (Å²) in [6.07, 6.45) is 11.3. The highest BCUT2D eigenvalue weighted by Gasteiger charge is 2.24. The van der Waals surface area contributed by atoms with Crippen molar-refractivity contribution in [2.24, 2.45) is 5.92 Å². The molecule has 6 heteroatoms. The second kappa shape index (κ2) is 8.55. The monoisotopic (exact) mass is 386 g/mol. The van der Waals surface area contributed by atoms with Gasteiger partial charge in [-0.25, -0.2) is 9.97 Å². The van der Waals surface area contributed by atoms with E-state index in [0.717, 1.165) is 67.4 Å². The van der Waals surface area contributed by atoms with Crippen molar-refractivity contribution in [1.82, 2.24) is 14.9 Å². The fourth-order valence-corrected chi connectivity index (χ4v) is 5.38. The SMILES string of the molecule is CCc1cc2c(N3CCN(C(=O)CCC4CCCCC4)CC3)ncnc2s1. The van der Waals surface area contributed by atoms with E-state index in [1.807, 2.05) is 0 Å². The van der Waals surface area contributed by atoms with E-state index in [0.29, 0.717) is 5.91 Å². The first-order chi connectivity index (χ1) is 13.2. The van der Waals surface area contributed by atoms with E-state index in [4.69, 9.17) is 0 Å². The number of piperazine rings is 1. The van der Waals surface area contributed by atoms with Gasteiger partial charge in [0.15, 0.2) is 0 Å². The summed E-state index contributed by atoms with van der Waals surface area (Å²) in [5, 5.41) is 1.16. The number of thiophene rings is 1. The molecular weight excluding hydrogens is 356 g/mol. The summed E-state index contributed by atoms with van der Waals surface area (Å²) in [6.45, 7) is 5.51. The summed E-state index contributed by atoms with van der Waals surface area (Å²) in [5.41, 5.74) is 0. The number of amides is 1. The number of nitrogens with zero attached hydrogens (tertiary/aromatic N) is 4. The largest absolute Gasteiger partial charge is 0.352 e. The third-order valence-corrected chi connectivity index (χ3v) is 7.32. The van der Waals surface area contributed by atoms with Gasteiger partial charge in [-0.1, -0.05) is 39.0 Å². The van der Waals surface area contributed by atoms with Crippen molar-refractivity contribution in [3.8, 4) is 0 Å². The Balaban J connectivity index is 1.33. The van der Waals surface area contributed by atoms with Crippen LogP contribution in [0.1, 0.15) is 56.7 Å². The van der Waals surface area contributed by atoms with Crippen LogP contribution in [0.5, 0.6) is 0 Å². The molecule has 146 valence electrons. The van der Waals surface area contributed by atoms with Gasteiger partial charge in [-0.05, 0) is 24.8 Å². The van der Waals surface area contributed by atoms with E-state index < -0.39 is 0 Å². The standard InChI is InChI=1S/C21H30N4OS/c1-2-17-14-18-20(22-15-23-21(18)27-17)25-12-10-24(11-13-25)19(26)9-8-16-6-4-3-5-7-16/h14-16H,2-13H2,1H3. The molecule has 2 fully saturated rings. The van der Waals surface area contributed by atoms with Gasteiger partial charge >= 0.3 is 0 Å². The van der Waals surface area contributed by atoms with E-state index in [2.05, 4.69) is 32.8 Å². The van der Waals surface area contributed by atoms with Gasteiger partial charge in [0.25, 0.3) is 0 Å². The van der Waals surface area contributed by atoms with Gasteiger partial charge in [-0.2, -0.15) is 0 Å². The number of carbonyl (C=O) groups is 1. The molecule has 0 spiro atoms. The van der Waals surface area contributed by atoms with Crippen molar-refractivity contribution in [3.05, 3.63) is 17.3 Å². The zero-order valence-corrected chi connectivity index (χ0v) is 17.1. The summed E-state index contributed by atoms with van der Waals surface area (Å²) in [7, 11) is 0. The predicted octanol–water partition coefficient (Wildman–Crippen LogP) is 4.26. The third-order valence-electron chi connectivity index (χ3n) is 6.13. The Bertz CT molecular complexity index is 776. The van der Waals surface area contributed by atoms with Gasteiger partial charge in [-0.3, -0.25) is 4.79 Å². The Labute approximate surface area is 165 Å². The Morgan fingerprint density at radius 1 is 1.15 bits per heavy atom. The molecule has 4 rings (SSSR count). The fraction of sp³-hybridized carbons (Fsp3) is 0.667. The van der Waals surface area contributed by atoms with Crippen LogP contribution < -0.4 is 4.90 Å². The first kappa shape index (κ1) is 18.7. The highest BCUT2D eigenvalue weighted by molar-refractivity contribution is 7.18. The Kier molecular flexibility index (Phi) is 5.91. The molecule has 0 unspecified atom stereocenters. The number of aryl methyl sites for hydroxylation is 1. The quantitative estimate of drug-likeness (QED) is 0.770. The van der Waals surface area contributed by atoms with E-state index >= 15 is 0 Å². The lowest BCUT2D eigenvalue weighted by atomic mass is 9.86. The summed E-state index contributed by atoms with van der Waals surface area (Å²) in [6, 6.07) is 2.23. The molecule has 5 nitrogen and oxygen atoms in total. The lowest BCUT2D eigenvalue weighted by Gasteiger charge is -2.36. The van der Waals surface area contributed by atoms with Crippen LogP contribution in [0.4, 0.5) is 5.82 Å². The molecule has 0 atom stereocenters. The fourth-order valence-electron chi connectivity index (χ4n) is 4.45. The number of rotatable bonds is 5. The van der Waals surface area contributed by atoms with Crippen molar-refractivity contribution >= 4 is 33.3 Å². The molecule has 2 aromatic heterocycles. The van der Waals surface area contributed by atoms with Crippen LogP contribution in [-0.4, -0.2) is 47.0 Å². The molecule has 27 heavy (non-hydrogen) atoms. The van der Waals surface area contributed by atoms with E-state index in [9.17, 15) is 4.79 Å². The Hall–Kier alpha value is -1.69. The van der Waals surface area contributed by atoms with Crippen LogP contribution in [0.15, 0.2) is 12.4 Å². The molecule has 1 aliphatic heterocycles. The molecular formula is C21H30N4OS. The lowest BCUT2D eigenvalue weighted by Crippen LogP contribution is -2.49. The number of carbonyl (C=O) groups excluding carboxylic acids is 1. The van der Waals surface area contributed by atoms with Gasteiger partial charge in [0.05, 0.1) is 5.39 Å². The number of aromatic nitrogens is 2. The minimum absolute atomic E-state index is 0.344. The molecule has 3 heterocycles. The normalized spacial score (nSPS) is 19.0. The number of hydrogen-bond acceptors (Lipinski definition) is 5. The zero-order valence-electron chi connectivity index (χ0n) is 16.3. The highest BCUT2D eigenvalue weighted by atomic mass is 32.1. The van der Waals surface area contributed by atoms with Crippen molar-refractivity contribution in [3.63, 3.8) is 0 Å². The second-order valence-electron chi connectivity index (χ2n) is 7.89. The molecule has 1 aliphatic carbocycles. The average Bonchev–Trinajstić information content (AvgIpc) is 3.16. The second-order valence-corrected chi connectivity index (χ2v) is 9.01. The van der Waals surface area contributed by atoms with Gasteiger partial charge in [0.2, 0.25) is 5.91 Å². The number of anilines is 1. The third kappa shape index (κ3) is 4.26. The molecule has 1 saturated carbocycles. The smallest absolute Gasteiger partial charge is 0.222 e. The van der Waals surface area contributed by atoms with E-state index in [1.165, 1.54) is 37.0 Å². The van der Waals surface area contributed by atoms with Crippen molar-refractivity contribution in [2.75, 3.05) is 31.1 Å². The van der Waals surface area contributed by atoms with Crippen molar-refractivity contribution in [2.45, 2.75) is 58.3 Å². The maximum Gasteiger partial charge on any atom is 0.222 e. The molecule has 1 amide bonds. The first-order valence-corrected chi connectivity index (χ1v) is 11.3. The predicted molar refractivity (Wildman–Crippen MR) is 111 cm³/mol.